The molecular weight excluding hydrogens is 276 g/mol. The van der Waals surface area contributed by atoms with Crippen LogP contribution in [-0.2, 0) is 14.6 Å². The van der Waals surface area contributed by atoms with E-state index in [0.717, 1.165) is 5.56 Å². The molecule has 0 spiro atoms. The Morgan fingerprint density at radius 2 is 1.80 bits per heavy atom. The molecule has 0 saturated carbocycles. The van der Waals surface area contributed by atoms with E-state index in [1.165, 1.54) is 24.4 Å². The minimum atomic E-state index is -3.71. The van der Waals surface area contributed by atoms with Crippen molar-refractivity contribution >= 4 is 27.7 Å². The Balaban J connectivity index is 2.07. The molecule has 2 heterocycles. The highest BCUT2D eigenvalue weighted by atomic mass is 32.2. The summed E-state index contributed by atoms with van der Waals surface area (Å²) in [4.78, 5) is 19.2. The quantitative estimate of drug-likeness (QED) is 0.828. The highest BCUT2D eigenvalue weighted by Crippen LogP contribution is 2.28. The molecule has 2 aliphatic heterocycles. The number of benzene rings is 1. The van der Waals surface area contributed by atoms with Crippen LogP contribution in [0.15, 0.2) is 61.9 Å². The fraction of sp³-hybridized carbons (Fsp3) is 0.0714. The van der Waals surface area contributed by atoms with Gasteiger partial charge in [-0.1, -0.05) is 17.7 Å². The summed E-state index contributed by atoms with van der Waals surface area (Å²) in [5.41, 5.74) is 1.53. The summed E-state index contributed by atoms with van der Waals surface area (Å²) in [6.45, 7) is 1.88. The summed E-state index contributed by atoms with van der Waals surface area (Å²) in [5.74, 6) is -0.521. The highest BCUT2D eigenvalue weighted by molar-refractivity contribution is 7.95. The van der Waals surface area contributed by atoms with Gasteiger partial charge in [0.1, 0.15) is 5.71 Å². The first-order valence-electron chi connectivity index (χ1n) is 5.90. The number of amides is 1. The van der Waals surface area contributed by atoms with E-state index in [4.69, 9.17) is 0 Å². The fourth-order valence-corrected chi connectivity index (χ4v) is 3.16. The molecule has 5 nitrogen and oxygen atoms in total. The Morgan fingerprint density at radius 3 is 2.45 bits per heavy atom. The minimum absolute atomic E-state index is 0.0817. The van der Waals surface area contributed by atoms with Crippen LogP contribution in [0.25, 0.3) is 0 Å². The van der Waals surface area contributed by atoms with Gasteiger partial charge in [0.25, 0.3) is 5.91 Å². The predicted octanol–water partition coefficient (Wildman–Crippen LogP) is 1.60. The third-order valence-electron chi connectivity index (χ3n) is 3.03. The molecule has 2 aliphatic rings. The monoisotopic (exact) mass is 286 g/mol. The van der Waals surface area contributed by atoms with Crippen molar-refractivity contribution in [3.63, 3.8) is 0 Å². The normalized spacial score (nSPS) is 17.4. The first-order valence-corrected chi connectivity index (χ1v) is 7.38. The molecule has 100 valence electrons. The minimum Gasteiger partial charge on any atom is -0.265 e. The van der Waals surface area contributed by atoms with Crippen molar-refractivity contribution in [2.45, 2.75) is 11.8 Å². The van der Waals surface area contributed by atoms with E-state index in [1.54, 1.807) is 18.2 Å². The van der Waals surface area contributed by atoms with Crippen molar-refractivity contribution in [3.05, 3.63) is 52.6 Å². The maximum Gasteiger partial charge on any atom is 0.296 e. The Labute approximate surface area is 116 Å². The number of aliphatic imine (C=N–C) groups is 2. The number of nitrogens with zero attached hydrogens (tertiary/aromatic N) is 2. The zero-order valence-corrected chi connectivity index (χ0v) is 11.4. The topological polar surface area (TPSA) is 75.9 Å². The molecule has 0 unspecified atom stereocenters. The maximum atomic E-state index is 12.4. The predicted molar refractivity (Wildman–Crippen MR) is 75.5 cm³/mol. The van der Waals surface area contributed by atoms with Crippen molar-refractivity contribution in [2.75, 3.05) is 0 Å². The first-order chi connectivity index (χ1) is 9.48. The highest BCUT2D eigenvalue weighted by Gasteiger charge is 2.30. The lowest BCUT2D eigenvalue weighted by molar-refractivity contribution is -0.111. The van der Waals surface area contributed by atoms with E-state index in [2.05, 4.69) is 9.98 Å². The molecule has 20 heavy (non-hydrogen) atoms. The number of rotatable bonds is 2. The number of hydrogen-bond donors (Lipinski definition) is 0. The molecule has 1 amide bonds. The Morgan fingerprint density at radius 1 is 1.10 bits per heavy atom. The smallest absolute Gasteiger partial charge is 0.265 e. The molecule has 0 saturated heterocycles. The third-order valence-corrected chi connectivity index (χ3v) is 4.68. The van der Waals surface area contributed by atoms with Crippen LogP contribution in [-0.4, -0.2) is 26.3 Å². The molecule has 0 aliphatic carbocycles. The Hall–Kier alpha value is -2.34. The number of fused-ring (bicyclic) bond motifs is 1. The Bertz CT molecular complexity index is 826. The second-order valence-corrected chi connectivity index (χ2v) is 6.36. The zero-order valence-electron chi connectivity index (χ0n) is 10.6. The van der Waals surface area contributed by atoms with Gasteiger partial charge in [-0.2, -0.15) is 0 Å². The SMILES string of the molecule is Cc1ccc(S(=O)(=O)C2=CC3=CC=NC(=O)C3=N2)cc1. The number of allylic oxidation sites excluding steroid dienone is 2. The van der Waals surface area contributed by atoms with Gasteiger partial charge < -0.3 is 0 Å². The van der Waals surface area contributed by atoms with Gasteiger partial charge in [-0.05, 0) is 31.2 Å². The van der Waals surface area contributed by atoms with E-state index in [0.29, 0.717) is 5.57 Å². The molecule has 0 N–H and O–H groups in total. The van der Waals surface area contributed by atoms with Gasteiger partial charge in [0.2, 0.25) is 9.84 Å². The molecule has 0 aromatic heterocycles. The van der Waals surface area contributed by atoms with Gasteiger partial charge in [-0.25, -0.2) is 18.4 Å². The van der Waals surface area contributed by atoms with Crippen molar-refractivity contribution in [2.24, 2.45) is 9.98 Å². The number of hydrogen-bond acceptors (Lipinski definition) is 4. The summed E-state index contributed by atoms with van der Waals surface area (Å²) in [7, 11) is -3.71. The number of carbonyl (C=O) groups is 1. The molecule has 6 heteroatoms. The lowest BCUT2D eigenvalue weighted by atomic mass is 10.1. The molecule has 0 atom stereocenters. The lowest BCUT2D eigenvalue weighted by Crippen LogP contribution is -2.14. The van der Waals surface area contributed by atoms with Crippen molar-refractivity contribution in [3.8, 4) is 0 Å². The van der Waals surface area contributed by atoms with Crippen LogP contribution in [0.5, 0.6) is 0 Å². The van der Waals surface area contributed by atoms with E-state index in [9.17, 15) is 13.2 Å². The maximum absolute atomic E-state index is 12.4. The van der Waals surface area contributed by atoms with E-state index in [1.807, 2.05) is 6.92 Å². The summed E-state index contributed by atoms with van der Waals surface area (Å²) >= 11 is 0. The first kappa shape index (κ1) is 12.7. The van der Waals surface area contributed by atoms with Crippen LogP contribution < -0.4 is 0 Å². The molecule has 0 radical (unpaired) electrons. The summed E-state index contributed by atoms with van der Waals surface area (Å²) < 4.78 is 24.9. The molecular formula is C14H10N2O3S. The van der Waals surface area contributed by atoms with Crippen LogP contribution in [0.3, 0.4) is 0 Å². The number of aryl methyl sites for hydroxylation is 1. The summed E-state index contributed by atoms with van der Waals surface area (Å²) in [5, 5.41) is -0.124. The summed E-state index contributed by atoms with van der Waals surface area (Å²) in [6, 6.07) is 6.49. The van der Waals surface area contributed by atoms with Gasteiger partial charge in [0.05, 0.1) is 4.90 Å². The molecule has 0 fully saturated rings. The van der Waals surface area contributed by atoms with Crippen molar-refractivity contribution < 1.29 is 13.2 Å². The van der Waals surface area contributed by atoms with E-state index in [-0.39, 0.29) is 15.6 Å². The van der Waals surface area contributed by atoms with E-state index < -0.39 is 15.7 Å². The van der Waals surface area contributed by atoms with Gasteiger partial charge in [-0.15, -0.1) is 0 Å². The zero-order chi connectivity index (χ0) is 14.3. The van der Waals surface area contributed by atoms with Gasteiger partial charge in [-0.3, -0.25) is 4.79 Å². The average molecular weight is 286 g/mol. The second kappa shape index (κ2) is 4.35. The average Bonchev–Trinajstić information content (AvgIpc) is 2.85. The van der Waals surface area contributed by atoms with Crippen LogP contribution in [0, 0.1) is 6.92 Å². The van der Waals surface area contributed by atoms with E-state index >= 15 is 0 Å². The number of dihydropyridines is 1. The molecule has 1 aromatic rings. The van der Waals surface area contributed by atoms with Crippen LogP contribution >= 0.6 is 0 Å². The summed E-state index contributed by atoms with van der Waals surface area (Å²) in [6.07, 6.45) is 4.31. The third kappa shape index (κ3) is 1.94. The van der Waals surface area contributed by atoms with Crippen LogP contribution in [0.4, 0.5) is 0 Å². The lowest BCUT2D eigenvalue weighted by Gasteiger charge is -2.03. The fourth-order valence-electron chi connectivity index (χ4n) is 1.93. The van der Waals surface area contributed by atoms with Crippen LogP contribution in [0.2, 0.25) is 0 Å². The van der Waals surface area contributed by atoms with Crippen molar-refractivity contribution in [1.29, 1.82) is 0 Å². The number of sulfone groups is 1. The van der Waals surface area contributed by atoms with Gasteiger partial charge >= 0.3 is 0 Å². The Kier molecular flexibility index (Phi) is 2.76. The van der Waals surface area contributed by atoms with Crippen LogP contribution in [0.1, 0.15) is 5.56 Å². The molecule has 0 bridgehead atoms. The second-order valence-electron chi connectivity index (χ2n) is 4.46. The van der Waals surface area contributed by atoms with Gasteiger partial charge in [0, 0.05) is 11.8 Å². The van der Waals surface area contributed by atoms with Crippen molar-refractivity contribution in [1.82, 2.24) is 0 Å². The molecule has 1 aromatic carbocycles. The number of carbonyl (C=O) groups excluding carboxylic acids is 1. The largest absolute Gasteiger partial charge is 0.296 e. The standard InChI is InChI=1S/C14H10N2O3S/c1-9-2-4-11(5-3-9)20(18,19)12-8-10-6-7-15-14(17)13(10)16-12/h2-8H,1H3. The molecule has 3 rings (SSSR count). The van der Waals surface area contributed by atoms with Gasteiger partial charge in [0.15, 0.2) is 5.03 Å².